The number of para-hydroxylation sites is 2. The molecule has 1 aliphatic rings. The first-order valence-corrected chi connectivity index (χ1v) is 13.5. The summed E-state index contributed by atoms with van der Waals surface area (Å²) in [6.45, 7) is 4.73. The monoisotopic (exact) mass is 581 g/mol. The molecule has 0 saturated heterocycles. The smallest absolute Gasteiger partial charge is 0.328 e. The second-order valence-electron chi connectivity index (χ2n) is 9.68. The molecular weight excluding hydrogens is 553 g/mol. The molecule has 40 heavy (non-hydrogen) atoms. The molecule has 9 nitrogen and oxygen atoms in total. The summed E-state index contributed by atoms with van der Waals surface area (Å²) in [6, 6.07) is 15.4. The third kappa shape index (κ3) is 4.96. The van der Waals surface area contributed by atoms with Gasteiger partial charge in [0.2, 0.25) is 0 Å². The number of hydrogen-bond acceptors (Lipinski definition) is 5. The van der Waals surface area contributed by atoms with Crippen LogP contribution in [0.4, 0.5) is 16.3 Å². The van der Waals surface area contributed by atoms with Crippen LogP contribution in [0.25, 0.3) is 5.69 Å². The first kappa shape index (κ1) is 27.8. The molecule has 0 aliphatic carbocycles. The van der Waals surface area contributed by atoms with Crippen LogP contribution in [0.2, 0.25) is 10.0 Å². The van der Waals surface area contributed by atoms with E-state index in [0.29, 0.717) is 28.9 Å². The highest BCUT2D eigenvalue weighted by Gasteiger charge is 2.41. The maximum atomic E-state index is 13.8. The van der Waals surface area contributed by atoms with Gasteiger partial charge in [0.25, 0.3) is 5.56 Å². The van der Waals surface area contributed by atoms with Crippen molar-refractivity contribution in [2.45, 2.75) is 32.4 Å². The van der Waals surface area contributed by atoms with Crippen molar-refractivity contribution in [1.29, 1.82) is 0 Å². The molecule has 0 spiro atoms. The Morgan fingerprint density at radius 3 is 2.45 bits per heavy atom. The molecule has 1 unspecified atom stereocenters. The van der Waals surface area contributed by atoms with Gasteiger partial charge in [0, 0.05) is 30.4 Å². The molecule has 0 bridgehead atoms. The highest BCUT2D eigenvalue weighted by Crippen LogP contribution is 2.45. The topological polar surface area (TPSA) is 90.6 Å². The lowest BCUT2D eigenvalue weighted by molar-refractivity contribution is 0.186. The number of ether oxygens (including phenoxy) is 2. The zero-order chi connectivity index (χ0) is 28.6. The SMILES string of the molecule is COCCn1cc(N2C(=O)Nc3nn(-c4ccccc4OC)c(C(C)C)c3C2c2ccc(Cl)cc2)cc(Cl)c1=O. The Bertz CT molecular complexity index is 1610. The Balaban J connectivity index is 1.78. The summed E-state index contributed by atoms with van der Waals surface area (Å²) >= 11 is 12.6. The van der Waals surface area contributed by atoms with E-state index in [1.165, 1.54) is 10.6 Å². The number of urea groups is 1. The van der Waals surface area contributed by atoms with Crippen molar-refractivity contribution in [3.05, 3.63) is 98.0 Å². The van der Waals surface area contributed by atoms with Gasteiger partial charge in [0.05, 0.1) is 31.1 Å². The number of carbonyl (C=O) groups is 1. The summed E-state index contributed by atoms with van der Waals surface area (Å²) in [4.78, 5) is 28.2. The van der Waals surface area contributed by atoms with E-state index in [4.69, 9.17) is 37.8 Å². The fraction of sp³-hybridized carbons (Fsp3) is 0.276. The third-order valence-electron chi connectivity index (χ3n) is 6.82. The molecule has 1 N–H and O–H groups in total. The molecule has 3 heterocycles. The van der Waals surface area contributed by atoms with Crippen LogP contribution in [0.3, 0.4) is 0 Å². The zero-order valence-corrected chi connectivity index (χ0v) is 24.0. The van der Waals surface area contributed by atoms with Crippen LogP contribution in [0.1, 0.15) is 42.6 Å². The van der Waals surface area contributed by atoms with Gasteiger partial charge in [0.15, 0.2) is 5.82 Å². The van der Waals surface area contributed by atoms with E-state index in [0.717, 1.165) is 22.5 Å². The minimum atomic E-state index is -0.605. The maximum Gasteiger partial charge on any atom is 0.328 e. The highest BCUT2D eigenvalue weighted by molar-refractivity contribution is 6.31. The number of aromatic nitrogens is 3. The van der Waals surface area contributed by atoms with Gasteiger partial charge >= 0.3 is 6.03 Å². The molecule has 4 aromatic rings. The molecular formula is C29H29Cl2N5O4. The van der Waals surface area contributed by atoms with Crippen molar-refractivity contribution in [2.75, 3.05) is 31.0 Å². The number of carbonyl (C=O) groups excluding carboxylic acids is 1. The van der Waals surface area contributed by atoms with Gasteiger partial charge < -0.3 is 14.0 Å². The van der Waals surface area contributed by atoms with Crippen LogP contribution < -0.4 is 20.5 Å². The number of pyridine rings is 1. The highest BCUT2D eigenvalue weighted by atomic mass is 35.5. The van der Waals surface area contributed by atoms with Gasteiger partial charge in [-0.25, -0.2) is 9.48 Å². The van der Waals surface area contributed by atoms with Crippen LogP contribution in [0.15, 0.2) is 65.6 Å². The lowest BCUT2D eigenvalue weighted by atomic mass is 9.91. The quantitative estimate of drug-likeness (QED) is 0.265. The zero-order valence-electron chi connectivity index (χ0n) is 22.5. The van der Waals surface area contributed by atoms with Crippen molar-refractivity contribution in [3.8, 4) is 11.4 Å². The number of nitrogens with zero attached hydrogens (tertiary/aromatic N) is 4. The summed E-state index contributed by atoms with van der Waals surface area (Å²) in [5.41, 5.74) is 3.35. The Hall–Kier alpha value is -3.79. The van der Waals surface area contributed by atoms with Gasteiger partial charge in [-0.15, -0.1) is 5.10 Å². The van der Waals surface area contributed by atoms with Crippen molar-refractivity contribution < 1.29 is 14.3 Å². The molecule has 0 saturated carbocycles. The number of benzene rings is 2. The molecule has 1 aliphatic heterocycles. The van der Waals surface area contributed by atoms with Gasteiger partial charge in [-0.3, -0.25) is 15.0 Å². The predicted molar refractivity (Wildman–Crippen MR) is 157 cm³/mol. The molecule has 208 valence electrons. The van der Waals surface area contributed by atoms with Gasteiger partial charge in [-0.2, -0.15) is 0 Å². The summed E-state index contributed by atoms with van der Waals surface area (Å²) in [7, 11) is 3.17. The summed E-state index contributed by atoms with van der Waals surface area (Å²) < 4.78 is 14.1. The van der Waals surface area contributed by atoms with E-state index in [1.807, 2.05) is 41.1 Å². The maximum absolute atomic E-state index is 13.8. The number of methoxy groups -OCH3 is 2. The molecule has 0 radical (unpaired) electrons. The van der Waals surface area contributed by atoms with Gasteiger partial charge in [-0.05, 0) is 41.8 Å². The summed E-state index contributed by atoms with van der Waals surface area (Å²) in [5.74, 6) is 1.09. The molecule has 2 aromatic heterocycles. The van der Waals surface area contributed by atoms with E-state index >= 15 is 0 Å². The fourth-order valence-corrected chi connectivity index (χ4v) is 5.40. The van der Waals surface area contributed by atoms with Crippen molar-refractivity contribution in [3.63, 3.8) is 0 Å². The number of amides is 2. The number of nitrogens with one attached hydrogen (secondary N) is 1. The second kappa shape index (κ2) is 11.4. The number of hydrogen-bond donors (Lipinski definition) is 1. The van der Waals surface area contributed by atoms with Crippen LogP contribution in [0.5, 0.6) is 5.75 Å². The van der Waals surface area contributed by atoms with E-state index in [9.17, 15) is 9.59 Å². The minimum absolute atomic E-state index is 0.00384. The third-order valence-corrected chi connectivity index (χ3v) is 7.35. The predicted octanol–water partition coefficient (Wildman–Crippen LogP) is 6.26. The average Bonchev–Trinajstić information content (AvgIpc) is 3.32. The van der Waals surface area contributed by atoms with E-state index < -0.39 is 12.1 Å². The number of fused-ring (bicyclic) bond motifs is 1. The number of anilines is 2. The second-order valence-corrected chi connectivity index (χ2v) is 10.5. The van der Waals surface area contributed by atoms with Crippen LogP contribution in [-0.4, -0.2) is 41.2 Å². The van der Waals surface area contributed by atoms with E-state index in [-0.39, 0.29) is 23.0 Å². The number of halogens is 2. The standard InChI is InChI=1S/C29H29Cl2N5O4/c1-17(2)25-24-26(18-9-11-19(30)12-10-18)35(20-15-21(31)28(37)34(16-20)13-14-39-3)29(38)32-27(24)33-36(25)22-7-5-6-8-23(22)40-4/h5-12,15-17,26H,13-14H2,1-4H3,(H,32,33,38). The average molecular weight is 582 g/mol. The van der Waals surface area contributed by atoms with Crippen molar-refractivity contribution in [2.24, 2.45) is 0 Å². The van der Waals surface area contributed by atoms with Crippen LogP contribution >= 0.6 is 23.2 Å². The van der Waals surface area contributed by atoms with Crippen molar-refractivity contribution in [1.82, 2.24) is 14.3 Å². The van der Waals surface area contributed by atoms with Crippen LogP contribution in [-0.2, 0) is 11.3 Å². The minimum Gasteiger partial charge on any atom is -0.494 e. The molecule has 2 aromatic carbocycles. The molecule has 0 fully saturated rings. The van der Waals surface area contributed by atoms with E-state index in [1.54, 1.807) is 37.4 Å². The first-order chi connectivity index (χ1) is 19.2. The van der Waals surface area contributed by atoms with Gasteiger partial charge in [0.1, 0.15) is 16.5 Å². The molecule has 1 atom stereocenters. The molecule has 11 heteroatoms. The Morgan fingerprint density at radius 2 is 1.77 bits per heavy atom. The van der Waals surface area contributed by atoms with Gasteiger partial charge in [-0.1, -0.05) is 61.3 Å². The van der Waals surface area contributed by atoms with E-state index in [2.05, 4.69) is 19.2 Å². The van der Waals surface area contributed by atoms with Crippen LogP contribution in [0, 0.1) is 0 Å². The summed E-state index contributed by atoms with van der Waals surface area (Å²) in [5, 5.41) is 8.41. The fourth-order valence-electron chi connectivity index (χ4n) is 5.06. The Kier molecular flexibility index (Phi) is 7.89. The molecule has 5 rings (SSSR count). The number of rotatable bonds is 8. The Labute approximate surface area is 241 Å². The lowest BCUT2D eigenvalue weighted by Gasteiger charge is -2.37. The Morgan fingerprint density at radius 1 is 1.05 bits per heavy atom. The summed E-state index contributed by atoms with van der Waals surface area (Å²) in [6.07, 6.45) is 1.63. The molecule has 2 amide bonds. The van der Waals surface area contributed by atoms with Crippen molar-refractivity contribution >= 4 is 40.7 Å². The normalized spacial score (nSPS) is 14.8. The first-order valence-electron chi connectivity index (χ1n) is 12.8. The lowest BCUT2D eigenvalue weighted by Crippen LogP contribution is -2.43. The largest absolute Gasteiger partial charge is 0.494 e.